The molecule has 492 valence electrons. The molecule has 0 aliphatic carbocycles. The number of guanidine groups is 1. The van der Waals surface area contributed by atoms with Crippen molar-refractivity contribution >= 4 is 76.2 Å². The van der Waals surface area contributed by atoms with Crippen LogP contribution in [0.2, 0.25) is 0 Å². The topological polar surface area (TPSA) is 406 Å². The summed E-state index contributed by atoms with van der Waals surface area (Å²) in [5.41, 5.74) is 27.4. The highest BCUT2D eigenvalue weighted by atomic mass is 16.2. The summed E-state index contributed by atoms with van der Waals surface area (Å²) in [6, 6.07) is 9.03. The second kappa shape index (κ2) is 45.0. The van der Waals surface area contributed by atoms with E-state index >= 15 is 0 Å². The molecule has 0 saturated carbocycles. The number of para-hydroxylation sites is 1. The lowest BCUT2D eigenvalue weighted by molar-refractivity contribution is -0.135. The first kappa shape index (κ1) is 74.9. The summed E-state index contributed by atoms with van der Waals surface area (Å²) in [5, 5.41) is 26.5. The van der Waals surface area contributed by atoms with Gasteiger partial charge in [0, 0.05) is 56.0 Å². The van der Waals surface area contributed by atoms with E-state index in [9.17, 15) is 43.2 Å². The van der Waals surface area contributed by atoms with Crippen LogP contribution >= 0.6 is 0 Å². The molecule has 0 saturated heterocycles. The number of rotatable bonds is 48. The first-order valence-corrected chi connectivity index (χ1v) is 31.9. The Morgan fingerprint density at radius 2 is 1.12 bits per heavy atom. The smallest absolute Gasteiger partial charge is 0.264 e. The third-order valence-electron chi connectivity index (χ3n) is 14.7. The molecule has 18 N–H and O–H groups in total. The van der Waals surface area contributed by atoms with E-state index < -0.39 is 83.5 Å². The molecule has 0 aliphatic rings. The number of aliphatic imine (C=N–C) groups is 1. The van der Waals surface area contributed by atoms with Crippen molar-refractivity contribution in [3.63, 3.8) is 0 Å². The molecule has 0 unspecified atom stereocenters. The van der Waals surface area contributed by atoms with E-state index in [0.717, 1.165) is 54.8 Å². The number of aromatic nitrogens is 1. The SMILES string of the molecule is CCCCCC/C=C\CCCCCCCC(=O)NCCCNC(=O)/C=N/NCC(=O)N[C@@H](CCCC)C(=O)N[C@@H](C)C(=O)N[C@@H](CCCCN)C(=O)N[C@H](Cc1ccccc1)C(=O)N[C@@H](CCCN=C(N)N)C(=O)N[C@@H](Cc1c[nH]c2ccccc12)C(N)=O. The van der Waals surface area contributed by atoms with Gasteiger partial charge in [0.2, 0.25) is 47.3 Å². The number of amides is 9. The molecule has 89 heavy (non-hydrogen) atoms. The van der Waals surface area contributed by atoms with E-state index in [1.54, 1.807) is 36.5 Å². The summed E-state index contributed by atoms with van der Waals surface area (Å²) in [6.07, 6.45) is 23.7. The maximum atomic E-state index is 14.5. The standard InChI is InChI=1S/C64H102N16O9/c1-4-6-8-9-10-11-12-13-14-15-16-17-21-35-55(81)69-38-27-39-70-56(82)43-73-74-44-57(83)76-50(31-7-5-2)60(86)75-45(3)59(85)77-51(33-24-25-36-65)62(88)80-54(40-46-28-19-18-20-29-46)63(89)78-52(34-26-37-71-64(67)68)61(87)79-53(58(66)84)41-47-42-72-49-32-23-22-30-48(47)49/h11-12,18-20,22-23,28-30,32,42-43,45,50-54,72,74H,4-10,13-17,21,24-27,31,33-41,44,65H2,1-3H3,(H2,66,84)(H,69,81)(H,70,82)(H,75,86)(H,76,83)(H,77,85)(H,78,89)(H,79,87)(H,80,88)(H4,67,68,71)/b12-11-,73-43+/t45-,50-,51-,52-,53-,54+/m0/s1. The van der Waals surface area contributed by atoms with Crippen LogP contribution in [0.15, 0.2) is 83.0 Å². The number of carbonyl (C=O) groups excluding carboxylic acids is 9. The summed E-state index contributed by atoms with van der Waals surface area (Å²) < 4.78 is 0. The molecule has 3 aromatic rings. The van der Waals surface area contributed by atoms with Crippen molar-refractivity contribution in [2.75, 3.05) is 32.7 Å². The van der Waals surface area contributed by atoms with Crippen molar-refractivity contribution in [3.8, 4) is 0 Å². The molecule has 0 spiro atoms. The van der Waals surface area contributed by atoms with Gasteiger partial charge in [-0.05, 0) is 108 Å². The molecule has 0 bridgehead atoms. The Morgan fingerprint density at radius 3 is 1.81 bits per heavy atom. The number of H-pyrrole nitrogens is 1. The van der Waals surface area contributed by atoms with E-state index in [1.807, 2.05) is 31.2 Å². The molecule has 25 nitrogen and oxygen atoms in total. The van der Waals surface area contributed by atoms with Crippen molar-refractivity contribution in [2.45, 2.75) is 205 Å². The normalized spacial score (nSPS) is 13.3. The van der Waals surface area contributed by atoms with Crippen molar-refractivity contribution in [1.29, 1.82) is 0 Å². The van der Waals surface area contributed by atoms with Crippen LogP contribution in [0.5, 0.6) is 0 Å². The second-order valence-corrected chi connectivity index (χ2v) is 22.3. The molecule has 6 atom stereocenters. The highest BCUT2D eigenvalue weighted by molar-refractivity contribution is 6.26. The molecule has 1 heterocycles. The number of aromatic amines is 1. The molecule has 2 aromatic carbocycles. The van der Waals surface area contributed by atoms with Crippen LogP contribution in [0.25, 0.3) is 10.9 Å². The maximum Gasteiger partial charge on any atom is 0.264 e. The van der Waals surface area contributed by atoms with Crippen LogP contribution in [0.4, 0.5) is 0 Å². The third kappa shape index (κ3) is 32.5. The number of nitrogens with zero attached hydrogens (tertiary/aromatic N) is 2. The summed E-state index contributed by atoms with van der Waals surface area (Å²) in [5.74, 6) is -5.71. The van der Waals surface area contributed by atoms with E-state index in [1.165, 1.54) is 45.4 Å². The number of nitrogens with two attached hydrogens (primary N) is 4. The first-order chi connectivity index (χ1) is 42.9. The highest BCUT2D eigenvalue weighted by Gasteiger charge is 2.33. The van der Waals surface area contributed by atoms with Crippen molar-refractivity contribution < 1.29 is 43.2 Å². The lowest BCUT2D eigenvalue weighted by Crippen LogP contribution is -2.59. The molecule has 25 heteroatoms. The van der Waals surface area contributed by atoms with Gasteiger partial charge in [-0.3, -0.25) is 48.1 Å². The average Bonchev–Trinajstić information content (AvgIpc) is 2.20. The minimum atomic E-state index is -1.30. The Bertz CT molecular complexity index is 2710. The van der Waals surface area contributed by atoms with Crippen molar-refractivity contribution in [2.24, 2.45) is 33.0 Å². The number of unbranched alkanes of at least 4 members (excludes halogenated alkanes) is 11. The predicted octanol–water partition coefficient (Wildman–Crippen LogP) is 3.20. The number of carbonyl (C=O) groups is 9. The van der Waals surface area contributed by atoms with E-state index in [0.29, 0.717) is 63.7 Å². The zero-order valence-corrected chi connectivity index (χ0v) is 52.6. The van der Waals surface area contributed by atoms with E-state index in [2.05, 4.69) is 82.1 Å². The molecule has 0 aliphatic heterocycles. The molecular formula is C64H102N16O9. The Hall–Kier alpha value is -8.35. The highest BCUT2D eigenvalue weighted by Crippen LogP contribution is 2.20. The Labute approximate surface area is 524 Å². The Morgan fingerprint density at radius 1 is 0.551 bits per heavy atom. The fourth-order valence-corrected chi connectivity index (χ4v) is 9.64. The van der Waals surface area contributed by atoms with Crippen LogP contribution < -0.4 is 70.9 Å². The Kier molecular flexibility index (Phi) is 37.9. The first-order valence-electron chi connectivity index (χ1n) is 31.9. The van der Waals surface area contributed by atoms with Crippen LogP contribution in [0.1, 0.15) is 167 Å². The molecule has 1 aromatic heterocycles. The minimum absolute atomic E-state index is 0.0128. The van der Waals surface area contributed by atoms with Crippen LogP contribution in [0, 0.1) is 0 Å². The van der Waals surface area contributed by atoms with Gasteiger partial charge in [0.05, 0.1) is 0 Å². The van der Waals surface area contributed by atoms with E-state index in [-0.39, 0.29) is 63.5 Å². The number of fused-ring (bicyclic) bond motifs is 1. The van der Waals surface area contributed by atoms with Gasteiger partial charge in [-0.25, -0.2) is 0 Å². The molecule has 0 fully saturated rings. The largest absolute Gasteiger partial charge is 0.370 e. The fraction of sp³-hybridized carbons (Fsp3) is 0.578. The summed E-state index contributed by atoms with van der Waals surface area (Å²) in [4.78, 5) is 128. The van der Waals surface area contributed by atoms with Gasteiger partial charge in [-0.1, -0.05) is 126 Å². The molecular weight excluding hydrogens is 1140 g/mol. The number of hydrogen-bond donors (Lipinski definition) is 14. The van der Waals surface area contributed by atoms with Crippen LogP contribution in [0.3, 0.4) is 0 Å². The number of hydrogen-bond acceptors (Lipinski definition) is 13. The number of nitrogens with one attached hydrogen (secondary N) is 10. The van der Waals surface area contributed by atoms with Gasteiger partial charge >= 0.3 is 0 Å². The van der Waals surface area contributed by atoms with Crippen LogP contribution in [-0.2, 0) is 56.0 Å². The summed E-state index contributed by atoms with van der Waals surface area (Å²) >= 11 is 0. The van der Waals surface area contributed by atoms with Gasteiger partial charge in [0.1, 0.15) is 49.0 Å². The molecule has 3 rings (SSSR count). The summed E-state index contributed by atoms with van der Waals surface area (Å²) in [6.45, 7) is 6.29. The van der Waals surface area contributed by atoms with Gasteiger partial charge < -0.3 is 75.9 Å². The maximum absolute atomic E-state index is 14.5. The average molecular weight is 1240 g/mol. The number of allylic oxidation sites excluding steroid dienone is 2. The van der Waals surface area contributed by atoms with Gasteiger partial charge in [-0.2, -0.15) is 5.10 Å². The Balaban J connectivity index is 1.56. The van der Waals surface area contributed by atoms with Crippen molar-refractivity contribution in [3.05, 3.63) is 84.1 Å². The quantitative estimate of drug-likeness (QED) is 0.0127. The van der Waals surface area contributed by atoms with Gasteiger partial charge in [0.15, 0.2) is 5.96 Å². The van der Waals surface area contributed by atoms with Crippen LogP contribution in [-0.4, -0.2) is 139 Å². The number of hydrazone groups is 1. The van der Waals surface area contributed by atoms with Gasteiger partial charge in [0.25, 0.3) is 5.91 Å². The second-order valence-electron chi connectivity index (χ2n) is 22.3. The fourth-order valence-electron chi connectivity index (χ4n) is 9.64. The predicted molar refractivity (Wildman–Crippen MR) is 348 cm³/mol. The van der Waals surface area contributed by atoms with Crippen molar-refractivity contribution in [1.82, 2.24) is 52.9 Å². The number of primary amides is 1. The molecule has 0 radical (unpaired) electrons. The van der Waals surface area contributed by atoms with E-state index in [4.69, 9.17) is 22.9 Å². The number of benzene rings is 2. The monoisotopic (exact) mass is 1240 g/mol. The van der Waals surface area contributed by atoms with Gasteiger partial charge in [-0.15, -0.1) is 0 Å². The molecule has 9 amide bonds. The lowest BCUT2D eigenvalue weighted by Gasteiger charge is -2.27. The summed E-state index contributed by atoms with van der Waals surface area (Å²) in [7, 11) is 0. The third-order valence-corrected chi connectivity index (χ3v) is 14.7. The zero-order chi connectivity index (χ0) is 65.0. The zero-order valence-electron chi connectivity index (χ0n) is 52.6. The minimum Gasteiger partial charge on any atom is -0.370 e. The lowest BCUT2D eigenvalue weighted by atomic mass is 10.0.